The Hall–Kier alpha value is -1.40. The molecule has 1 aliphatic rings. The molecule has 2 amide bonds. The van der Waals surface area contributed by atoms with Gasteiger partial charge in [-0.1, -0.05) is 34.8 Å². The standard InChI is InChI=1S/C14H6Cl3NO3S/c15-8-3-6-7(4-9(8)16)14(21)18(13(6)20)5-10(19)11-1-2-12(17)22-11/h1-4H,5H2. The van der Waals surface area contributed by atoms with E-state index < -0.39 is 11.8 Å². The van der Waals surface area contributed by atoms with Crippen molar-refractivity contribution in [1.29, 1.82) is 0 Å². The lowest BCUT2D eigenvalue weighted by molar-refractivity contribution is 0.0625. The minimum absolute atomic E-state index is 0.149. The van der Waals surface area contributed by atoms with Crippen LogP contribution in [0.5, 0.6) is 0 Å². The van der Waals surface area contributed by atoms with E-state index in [1.54, 1.807) is 12.1 Å². The molecular formula is C14H6Cl3NO3S. The fourth-order valence-corrected chi connectivity index (χ4v) is 3.41. The number of fused-ring (bicyclic) bond motifs is 1. The van der Waals surface area contributed by atoms with Crippen LogP contribution < -0.4 is 0 Å². The molecule has 0 unspecified atom stereocenters. The van der Waals surface area contributed by atoms with Crippen molar-refractivity contribution in [1.82, 2.24) is 4.90 Å². The lowest BCUT2D eigenvalue weighted by atomic mass is 10.1. The van der Waals surface area contributed by atoms with E-state index in [0.717, 1.165) is 16.2 Å². The number of carbonyl (C=O) groups is 3. The Kier molecular flexibility index (Phi) is 3.99. The first-order valence-corrected chi connectivity index (χ1v) is 7.97. The van der Waals surface area contributed by atoms with E-state index in [0.29, 0.717) is 9.21 Å². The van der Waals surface area contributed by atoms with Gasteiger partial charge in [-0.3, -0.25) is 19.3 Å². The van der Waals surface area contributed by atoms with Crippen LogP contribution in [0, 0.1) is 0 Å². The first-order valence-electron chi connectivity index (χ1n) is 6.02. The zero-order chi connectivity index (χ0) is 16.0. The summed E-state index contributed by atoms with van der Waals surface area (Å²) in [6, 6.07) is 5.82. The number of rotatable bonds is 3. The fraction of sp³-hybridized carbons (Fsp3) is 0.0714. The highest BCUT2D eigenvalue weighted by atomic mass is 35.5. The number of hydrogen-bond donors (Lipinski definition) is 0. The van der Waals surface area contributed by atoms with Crippen LogP contribution in [0.3, 0.4) is 0 Å². The highest BCUT2D eigenvalue weighted by Gasteiger charge is 2.37. The van der Waals surface area contributed by atoms with Crippen molar-refractivity contribution < 1.29 is 14.4 Å². The summed E-state index contributed by atoms with van der Waals surface area (Å²) in [5.41, 5.74) is 0.299. The first-order chi connectivity index (χ1) is 10.4. The number of nitrogens with zero attached hydrogens (tertiary/aromatic N) is 1. The zero-order valence-corrected chi connectivity index (χ0v) is 13.8. The van der Waals surface area contributed by atoms with Crippen LogP contribution in [0.4, 0.5) is 0 Å². The van der Waals surface area contributed by atoms with Crippen molar-refractivity contribution in [3.05, 3.63) is 54.7 Å². The minimum Gasteiger partial charge on any atom is -0.291 e. The van der Waals surface area contributed by atoms with Crippen LogP contribution in [0.25, 0.3) is 0 Å². The number of Topliss-reactive ketones (excluding diaryl/α,β-unsaturated/α-hetero) is 1. The normalized spacial score (nSPS) is 13.7. The highest BCUT2D eigenvalue weighted by Crippen LogP contribution is 2.32. The molecule has 8 heteroatoms. The molecular weight excluding hydrogens is 369 g/mol. The Morgan fingerprint density at radius 3 is 2.00 bits per heavy atom. The molecule has 2 heterocycles. The number of carbonyl (C=O) groups excluding carboxylic acids is 3. The predicted octanol–water partition coefficient (Wildman–Crippen LogP) is 4.19. The molecule has 0 spiro atoms. The van der Waals surface area contributed by atoms with Gasteiger partial charge in [-0.25, -0.2) is 0 Å². The number of ketones is 1. The Bertz CT molecular complexity index is 790. The van der Waals surface area contributed by atoms with Gasteiger partial charge >= 0.3 is 0 Å². The van der Waals surface area contributed by atoms with Gasteiger partial charge in [0.2, 0.25) is 0 Å². The molecule has 1 aromatic heterocycles. The predicted molar refractivity (Wildman–Crippen MR) is 85.5 cm³/mol. The summed E-state index contributed by atoms with van der Waals surface area (Å²) in [5, 5.41) is 0.361. The first kappa shape index (κ1) is 15.5. The highest BCUT2D eigenvalue weighted by molar-refractivity contribution is 7.18. The monoisotopic (exact) mass is 373 g/mol. The lowest BCUT2D eigenvalue weighted by Gasteiger charge is -2.11. The van der Waals surface area contributed by atoms with Crippen molar-refractivity contribution in [2.24, 2.45) is 0 Å². The van der Waals surface area contributed by atoms with Crippen LogP contribution >= 0.6 is 46.1 Å². The second-order valence-corrected chi connectivity index (χ2v) is 7.06. The molecule has 0 saturated heterocycles. The van der Waals surface area contributed by atoms with Gasteiger partial charge in [-0.15, -0.1) is 11.3 Å². The van der Waals surface area contributed by atoms with Crippen LogP contribution in [0.2, 0.25) is 14.4 Å². The maximum Gasteiger partial charge on any atom is 0.262 e. The molecule has 112 valence electrons. The summed E-state index contributed by atoms with van der Waals surface area (Å²) in [4.78, 5) is 38.0. The van der Waals surface area contributed by atoms with E-state index in [2.05, 4.69) is 0 Å². The molecule has 4 nitrogen and oxygen atoms in total. The molecule has 0 fully saturated rings. The van der Waals surface area contributed by atoms with Crippen LogP contribution in [-0.4, -0.2) is 29.0 Å². The Morgan fingerprint density at radius 1 is 1.00 bits per heavy atom. The van der Waals surface area contributed by atoms with E-state index >= 15 is 0 Å². The van der Waals surface area contributed by atoms with Gasteiger partial charge in [0.05, 0.1) is 36.9 Å². The summed E-state index contributed by atoms with van der Waals surface area (Å²) in [7, 11) is 0. The van der Waals surface area contributed by atoms with Crippen molar-refractivity contribution in [3.63, 3.8) is 0 Å². The molecule has 0 radical (unpaired) electrons. The van der Waals surface area contributed by atoms with E-state index in [1.807, 2.05) is 0 Å². The second-order valence-electron chi connectivity index (χ2n) is 4.54. The van der Waals surface area contributed by atoms with Gasteiger partial charge in [0.15, 0.2) is 5.78 Å². The summed E-state index contributed by atoms with van der Waals surface area (Å²) < 4.78 is 0.462. The zero-order valence-electron chi connectivity index (χ0n) is 10.7. The number of benzene rings is 1. The molecule has 2 aromatic rings. The van der Waals surface area contributed by atoms with Crippen molar-refractivity contribution >= 4 is 63.7 Å². The molecule has 0 aliphatic carbocycles. The molecule has 22 heavy (non-hydrogen) atoms. The van der Waals surface area contributed by atoms with Crippen LogP contribution in [-0.2, 0) is 0 Å². The largest absolute Gasteiger partial charge is 0.291 e. The molecule has 0 atom stereocenters. The fourth-order valence-electron chi connectivity index (χ4n) is 2.11. The smallest absolute Gasteiger partial charge is 0.262 e. The summed E-state index contributed by atoms with van der Waals surface area (Å²) >= 11 is 18.6. The average Bonchev–Trinajstić information content (AvgIpc) is 2.99. The summed E-state index contributed by atoms with van der Waals surface area (Å²) in [5.74, 6) is -1.48. The number of imide groups is 1. The molecule has 0 saturated carbocycles. The third-order valence-electron chi connectivity index (χ3n) is 3.16. The van der Waals surface area contributed by atoms with Crippen LogP contribution in [0.1, 0.15) is 30.4 Å². The number of amides is 2. The van der Waals surface area contributed by atoms with Crippen molar-refractivity contribution in [2.45, 2.75) is 0 Å². The quantitative estimate of drug-likeness (QED) is 0.598. The number of thiophene rings is 1. The Morgan fingerprint density at radius 2 is 1.55 bits per heavy atom. The molecule has 0 bridgehead atoms. The molecule has 3 rings (SSSR count). The van der Waals surface area contributed by atoms with Gasteiger partial charge < -0.3 is 0 Å². The second kappa shape index (κ2) is 5.66. The third kappa shape index (κ3) is 2.54. The van der Waals surface area contributed by atoms with Crippen molar-refractivity contribution in [2.75, 3.05) is 6.54 Å². The van der Waals surface area contributed by atoms with E-state index in [4.69, 9.17) is 34.8 Å². The third-order valence-corrected chi connectivity index (χ3v) is 5.16. The maximum atomic E-state index is 12.3. The van der Waals surface area contributed by atoms with E-state index in [-0.39, 0.29) is 33.5 Å². The lowest BCUT2D eigenvalue weighted by Crippen LogP contribution is -2.34. The SMILES string of the molecule is O=C(CN1C(=O)c2cc(Cl)c(Cl)cc2C1=O)c1ccc(Cl)s1. The number of halogens is 3. The summed E-state index contributed by atoms with van der Waals surface area (Å²) in [6.07, 6.45) is 0. The molecule has 1 aliphatic heterocycles. The number of hydrogen-bond acceptors (Lipinski definition) is 4. The maximum absolute atomic E-state index is 12.3. The van der Waals surface area contributed by atoms with Gasteiger partial charge in [0.1, 0.15) is 0 Å². The summed E-state index contributed by atoms with van der Waals surface area (Å²) in [6.45, 7) is -0.349. The van der Waals surface area contributed by atoms with Gasteiger partial charge in [0.25, 0.3) is 11.8 Å². The van der Waals surface area contributed by atoms with Gasteiger partial charge in [-0.2, -0.15) is 0 Å². The Balaban J connectivity index is 1.89. The molecule has 1 aromatic carbocycles. The van der Waals surface area contributed by atoms with Gasteiger partial charge in [-0.05, 0) is 24.3 Å². The topological polar surface area (TPSA) is 54.5 Å². The minimum atomic E-state index is -0.561. The molecule has 0 N–H and O–H groups in total. The van der Waals surface area contributed by atoms with Crippen LogP contribution in [0.15, 0.2) is 24.3 Å². The van der Waals surface area contributed by atoms with E-state index in [1.165, 1.54) is 12.1 Å². The van der Waals surface area contributed by atoms with E-state index in [9.17, 15) is 14.4 Å². The Labute approximate surface area is 144 Å². The van der Waals surface area contributed by atoms with Crippen molar-refractivity contribution in [3.8, 4) is 0 Å². The van der Waals surface area contributed by atoms with Gasteiger partial charge in [0, 0.05) is 0 Å². The average molecular weight is 375 g/mol.